The molecule has 0 spiro atoms. The SMILES string of the molecule is CN(CCO)c1ccc(NCc2ccc(F)c(F)c2)nc1. The highest BCUT2D eigenvalue weighted by molar-refractivity contribution is 5.49. The minimum absolute atomic E-state index is 0.0760. The molecule has 4 nitrogen and oxygen atoms in total. The first kappa shape index (κ1) is 15.2. The molecule has 2 aromatic rings. The Morgan fingerprint density at radius 2 is 2.00 bits per heavy atom. The lowest BCUT2D eigenvalue weighted by Crippen LogP contribution is -2.21. The molecule has 2 rings (SSSR count). The van der Waals surface area contributed by atoms with E-state index in [1.54, 1.807) is 12.3 Å². The molecule has 0 fully saturated rings. The highest BCUT2D eigenvalue weighted by Crippen LogP contribution is 2.15. The first-order valence-corrected chi connectivity index (χ1v) is 6.56. The molecular formula is C15H17F2N3O. The Labute approximate surface area is 122 Å². The van der Waals surface area contributed by atoms with Crippen LogP contribution in [0.3, 0.4) is 0 Å². The van der Waals surface area contributed by atoms with E-state index in [0.29, 0.717) is 24.5 Å². The van der Waals surface area contributed by atoms with Crippen LogP contribution in [-0.4, -0.2) is 30.3 Å². The van der Waals surface area contributed by atoms with Crippen molar-refractivity contribution >= 4 is 11.5 Å². The summed E-state index contributed by atoms with van der Waals surface area (Å²) in [5.41, 5.74) is 1.53. The Morgan fingerprint density at radius 1 is 1.19 bits per heavy atom. The van der Waals surface area contributed by atoms with Gasteiger partial charge in [0, 0.05) is 20.1 Å². The van der Waals surface area contributed by atoms with Crippen molar-refractivity contribution in [2.24, 2.45) is 0 Å². The van der Waals surface area contributed by atoms with Crippen LogP contribution in [0.5, 0.6) is 0 Å². The molecule has 0 aliphatic rings. The zero-order valence-electron chi connectivity index (χ0n) is 11.7. The van der Waals surface area contributed by atoms with E-state index in [0.717, 1.165) is 17.8 Å². The predicted octanol–water partition coefficient (Wildman–Crippen LogP) is 2.40. The summed E-state index contributed by atoms with van der Waals surface area (Å²) in [6.07, 6.45) is 1.68. The van der Waals surface area contributed by atoms with Gasteiger partial charge in [0.1, 0.15) is 5.82 Å². The summed E-state index contributed by atoms with van der Waals surface area (Å²) in [5.74, 6) is -1.07. The maximum absolute atomic E-state index is 13.1. The zero-order chi connectivity index (χ0) is 15.2. The van der Waals surface area contributed by atoms with E-state index < -0.39 is 11.6 Å². The molecule has 1 heterocycles. The summed E-state index contributed by atoms with van der Waals surface area (Å²) in [7, 11) is 1.86. The average molecular weight is 293 g/mol. The molecule has 0 radical (unpaired) electrons. The van der Waals surface area contributed by atoms with E-state index in [4.69, 9.17) is 5.11 Å². The lowest BCUT2D eigenvalue weighted by atomic mass is 10.2. The Kier molecular flexibility index (Phi) is 5.05. The fourth-order valence-corrected chi connectivity index (χ4v) is 1.84. The quantitative estimate of drug-likeness (QED) is 0.858. The molecule has 0 saturated carbocycles. The molecule has 0 unspecified atom stereocenters. The number of aromatic nitrogens is 1. The van der Waals surface area contributed by atoms with Gasteiger partial charge in [0.05, 0.1) is 18.5 Å². The van der Waals surface area contributed by atoms with Crippen molar-refractivity contribution in [3.8, 4) is 0 Å². The van der Waals surface area contributed by atoms with Crippen molar-refractivity contribution in [3.05, 3.63) is 53.7 Å². The van der Waals surface area contributed by atoms with Crippen LogP contribution in [0, 0.1) is 11.6 Å². The number of nitrogens with zero attached hydrogens (tertiary/aromatic N) is 2. The molecule has 1 aromatic carbocycles. The first-order chi connectivity index (χ1) is 10.1. The monoisotopic (exact) mass is 293 g/mol. The largest absolute Gasteiger partial charge is 0.395 e. The lowest BCUT2D eigenvalue weighted by Gasteiger charge is -2.17. The van der Waals surface area contributed by atoms with Crippen molar-refractivity contribution in [3.63, 3.8) is 0 Å². The van der Waals surface area contributed by atoms with Crippen LogP contribution in [-0.2, 0) is 6.54 Å². The van der Waals surface area contributed by atoms with Crippen molar-refractivity contribution in [2.45, 2.75) is 6.54 Å². The number of rotatable bonds is 6. The van der Waals surface area contributed by atoms with Crippen LogP contribution < -0.4 is 10.2 Å². The van der Waals surface area contributed by atoms with Gasteiger partial charge in [-0.15, -0.1) is 0 Å². The molecule has 0 aliphatic heterocycles. The number of aliphatic hydroxyl groups excluding tert-OH is 1. The Morgan fingerprint density at radius 3 is 2.62 bits per heavy atom. The second-order valence-corrected chi connectivity index (χ2v) is 4.65. The van der Waals surface area contributed by atoms with E-state index in [-0.39, 0.29) is 6.61 Å². The molecular weight excluding hydrogens is 276 g/mol. The van der Waals surface area contributed by atoms with Gasteiger partial charge in [-0.25, -0.2) is 13.8 Å². The van der Waals surface area contributed by atoms with Crippen LogP contribution in [0.4, 0.5) is 20.3 Å². The van der Waals surface area contributed by atoms with Gasteiger partial charge in [0.2, 0.25) is 0 Å². The van der Waals surface area contributed by atoms with Crippen molar-refractivity contribution < 1.29 is 13.9 Å². The fraction of sp³-hybridized carbons (Fsp3) is 0.267. The smallest absolute Gasteiger partial charge is 0.159 e. The molecule has 0 bridgehead atoms. The fourth-order valence-electron chi connectivity index (χ4n) is 1.84. The molecule has 0 atom stereocenters. The maximum Gasteiger partial charge on any atom is 0.159 e. The second-order valence-electron chi connectivity index (χ2n) is 4.65. The van der Waals surface area contributed by atoms with Gasteiger partial charge in [0.15, 0.2) is 11.6 Å². The van der Waals surface area contributed by atoms with Gasteiger partial charge in [-0.2, -0.15) is 0 Å². The first-order valence-electron chi connectivity index (χ1n) is 6.56. The topological polar surface area (TPSA) is 48.4 Å². The van der Waals surface area contributed by atoms with Gasteiger partial charge in [-0.05, 0) is 29.8 Å². The number of halogens is 2. The second kappa shape index (κ2) is 6.99. The number of anilines is 2. The van der Waals surface area contributed by atoms with Crippen LogP contribution >= 0.6 is 0 Å². The number of benzene rings is 1. The molecule has 2 N–H and O–H groups in total. The predicted molar refractivity (Wildman–Crippen MR) is 78.3 cm³/mol. The molecule has 112 valence electrons. The third-order valence-corrected chi connectivity index (χ3v) is 3.08. The van der Waals surface area contributed by atoms with E-state index in [2.05, 4.69) is 10.3 Å². The molecule has 6 heteroatoms. The van der Waals surface area contributed by atoms with Gasteiger partial charge in [-0.3, -0.25) is 0 Å². The summed E-state index contributed by atoms with van der Waals surface area (Å²) < 4.78 is 25.9. The number of hydrogen-bond acceptors (Lipinski definition) is 4. The van der Waals surface area contributed by atoms with Crippen LogP contribution in [0.15, 0.2) is 36.5 Å². The molecule has 0 aliphatic carbocycles. The molecule has 1 aromatic heterocycles. The Hall–Kier alpha value is -2.21. The molecule has 0 amide bonds. The standard InChI is InChI=1S/C15H17F2N3O/c1-20(6-7-21)12-3-5-15(19-10-12)18-9-11-2-4-13(16)14(17)8-11/h2-5,8,10,21H,6-7,9H2,1H3,(H,18,19). The van der Waals surface area contributed by atoms with E-state index in [1.165, 1.54) is 6.07 Å². The molecule has 21 heavy (non-hydrogen) atoms. The normalized spacial score (nSPS) is 10.5. The maximum atomic E-state index is 13.1. The highest BCUT2D eigenvalue weighted by atomic mass is 19.2. The van der Waals surface area contributed by atoms with Gasteiger partial charge < -0.3 is 15.3 Å². The number of likely N-dealkylation sites (N-methyl/N-ethyl adjacent to an activating group) is 1. The summed E-state index contributed by atoms with van der Waals surface area (Å²) in [6, 6.07) is 7.45. The van der Waals surface area contributed by atoms with Gasteiger partial charge in [-0.1, -0.05) is 6.07 Å². The number of nitrogens with one attached hydrogen (secondary N) is 1. The number of hydrogen-bond donors (Lipinski definition) is 2. The summed E-state index contributed by atoms with van der Waals surface area (Å²) >= 11 is 0. The van der Waals surface area contributed by atoms with E-state index in [1.807, 2.05) is 18.0 Å². The minimum Gasteiger partial charge on any atom is -0.395 e. The highest BCUT2D eigenvalue weighted by Gasteiger charge is 2.04. The van der Waals surface area contributed by atoms with E-state index in [9.17, 15) is 8.78 Å². The number of pyridine rings is 1. The van der Waals surface area contributed by atoms with Crippen molar-refractivity contribution in [1.29, 1.82) is 0 Å². The Bertz CT molecular complexity index is 590. The third kappa shape index (κ3) is 4.13. The van der Waals surface area contributed by atoms with Crippen LogP contribution in [0.1, 0.15) is 5.56 Å². The molecule has 0 saturated heterocycles. The van der Waals surface area contributed by atoms with Crippen molar-refractivity contribution in [1.82, 2.24) is 4.98 Å². The summed E-state index contributed by atoms with van der Waals surface area (Å²) in [5, 5.41) is 11.9. The third-order valence-electron chi connectivity index (χ3n) is 3.08. The summed E-state index contributed by atoms with van der Waals surface area (Å²) in [4.78, 5) is 6.12. The average Bonchev–Trinajstić information content (AvgIpc) is 2.49. The zero-order valence-corrected chi connectivity index (χ0v) is 11.7. The van der Waals surface area contributed by atoms with Gasteiger partial charge >= 0.3 is 0 Å². The Balaban J connectivity index is 1.95. The van der Waals surface area contributed by atoms with Gasteiger partial charge in [0.25, 0.3) is 0 Å². The van der Waals surface area contributed by atoms with Crippen molar-refractivity contribution in [2.75, 3.05) is 30.4 Å². The van der Waals surface area contributed by atoms with E-state index >= 15 is 0 Å². The number of aliphatic hydroxyl groups is 1. The van der Waals surface area contributed by atoms with Crippen LogP contribution in [0.2, 0.25) is 0 Å². The minimum atomic E-state index is -0.858. The lowest BCUT2D eigenvalue weighted by molar-refractivity contribution is 0.304. The van der Waals surface area contributed by atoms with Crippen LogP contribution in [0.25, 0.3) is 0 Å². The summed E-state index contributed by atoms with van der Waals surface area (Å²) in [6.45, 7) is 0.964.